The molecule has 0 amide bonds. The molecule has 1 fully saturated rings. The average molecular weight is 234 g/mol. The maximum Gasteiger partial charge on any atom is 0.239 e. The fourth-order valence-electron chi connectivity index (χ4n) is 1.64. The van der Waals surface area contributed by atoms with Crippen molar-refractivity contribution in [2.75, 3.05) is 5.43 Å². The number of nitrogens with zero attached hydrogens (tertiary/aromatic N) is 4. The van der Waals surface area contributed by atoms with Crippen LogP contribution in [-0.4, -0.2) is 19.7 Å². The summed E-state index contributed by atoms with van der Waals surface area (Å²) in [5.41, 5.74) is 3.25. The van der Waals surface area contributed by atoms with E-state index in [1.54, 1.807) is 6.20 Å². The Morgan fingerprint density at radius 2 is 2.29 bits per heavy atom. The summed E-state index contributed by atoms with van der Waals surface area (Å²) in [7, 11) is 0. The largest absolute Gasteiger partial charge is 0.292 e. The summed E-state index contributed by atoms with van der Waals surface area (Å²) < 4.78 is 15.0. The first-order chi connectivity index (χ1) is 8.28. The van der Waals surface area contributed by atoms with Gasteiger partial charge in [0.2, 0.25) is 5.95 Å². The average Bonchev–Trinajstić information content (AvgIpc) is 3.09. The third kappa shape index (κ3) is 1.84. The molecule has 1 saturated carbocycles. The van der Waals surface area contributed by atoms with Crippen LogP contribution < -0.4 is 11.3 Å². The van der Waals surface area contributed by atoms with Crippen LogP contribution in [-0.2, 0) is 0 Å². The van der Waals surface area contributed by atoms with Gasteiger partial charge in [-0.3, -0.25) is 5.43 Å². The SMILES string of the molecule is NNc1ncc(F)c(-n2ccc(C3CC3)n2)n1. The van der Waals surface area contributed by atoms with Crippen LogP contribution in [0.2, 0.25) is 0 Å². The third-order valence-corrected chi connectivity index (χ3v) is 2.68. The first-order valence-electron chi connectivity index (χ1n) is 5.33. The Labute approximate surface area is 96.6 Å². The molecule has 0 atom stereocenters. The molecule has 0 aromatic carbocycles. The second-order valence-corrected chi connectivity index (χ2v) is 3.97. The molecule has 3 N–H and O–H groups in total. The van der Waals surface area contributed by atoms with Gasteiger partial charge in [-0.15, -0.1) is 0 Å². The summed E-state index contributed by atoms with van der Waals surface area (Å²) in [5.74, 6) is 5.43. The lowest BCUT2D eigenvalue weighted by Crippen LogP contribution is -2.13. The Kier molecular flexibility index (Phi) is 2.25. The lowest BCUT2D eigenvalue weighted by molar-refractivity contribution is 0.592. The van der Waals surface area contributed by atoms with Crippen molar-refractivity contribution in [3.8, 4) is 5.82 Å². The summed E-state index contributed by atoms with van der Waals surface area (Å²) in [6.07, 6.45) is 5.06. The monoisotopic (exact) mass is 234 g/mol. The summed E-state index contributed by atoms with van der Waals surface area (Å²) in [4.78, 5) is 7.61. The maximum absolute atomic E-state index is 13.6. The van der Waals surface area contributed by atoms with Crippen molar-refractivity contribution in [3.05, 3.63) is 30.0 Å². The maximum atomic E-state index is 13.6. The molecule has 17 heavy (non-hydrogen) atoms. The highest BCUT2D eigenvalue weighted by molar-refractivity contribution is 5.32. The molecule has 2 aromatic heterocycles. The normalized spacial score (nSPS) is 14.9. The van der Waals surface area contributed by atoms with Crippen molar-refractivity contribution in [3.63, 3.8) is 0 Å². The Bertz CT molecular complexity index is 547. The number of halogens is 1. The highest BCUT2D eigenvalue weighted by atomic mass is 19.1. The van der Waals surface area contributed by atoms with E-state index in [-0.39, 0.29) is 11.8 Å². The Balaban J connectivity index is 2.00. The molecule has 1 aliphatic carbocycles. The summed E-state index contributed by atoms with van der Waals surface area (Å²) in [6, 6.07) is 1.88. The van der Waals surface area contributed by atoms with Gasteiger partial charge in [0.15, 0.2) is 11.6 Å². The van der Waals surface area contributed by atoms with Crippen molar-refractivity contribution in [1.29, 1.82) is 0 Å². The lowest BCUT2D eigenvalue weighted by atomic mass is 10.3. The van der Waals surface area contributed by atoms with Crippen LogP contribution in [0.4, 0.5) is 10.3 Å². The van der Waals surface area contributed by atoms with Crippen LogP contribution in [0.1, 0.15) is 24.5 Å². The number of nitrogens with two attached hydrogens (primary N) is 1. The number of hydrogen-bond acceptors (Lipinski definition) is 5. The Morgan fingerprint density at radius 3 is 3.00 bits per heavy atom. The number of nitrogen functional groups attached to an aromatic ring is 1. The summed E-state index contributed by atoms with van der Waals surface area (Å²) in [5, 5.41) is 4.30. The molecule has 0 saturated heterocycles. The number of anilines is 1. The molecule has 88 valence electrons. The van der Waals surface area contributed by atoms with E-state index in [1.807, 2.05) is 6.07 Å². The van der Waals surface area contributed by atoms with Gasteiger partial charge >= 0.3 is 0 Å². The molecular weight excluding hydrogens is 223 g/mol. The molecule has 1 aliphatic rings. The van der Waals surface area contributed by atoms with E-state index < -0.39 is 5.82 Å². The molecule has 2 aromatic rings. The summed E-state index contributed by atoms with van der Waals surface area (Å²) in [6.45, 7) is 0. The van der Waals surface area contributed by atoms with E-state index in [9.17, 15) is 4.39 Å². The van der Waals surface area contributed by atoms with Gasteiger partial charge in [0.1, 0.15) is 0 Å². The molecule has 2 heterocycles. The van der Waals surface area contributed by atoms with Crippen molar-refractivity contribution in [2.45, 2.75) is 18.8 Å². The zero-order valence-corrected chi connectivity index (χ0v) is 8.97. The standard InChI is InChI=1S/C10H11FN6/c11-7-5-13-10(15-12)14-9(7)17-4-3-8(16-17)6-1-2-6/h3-6H,1-2,12H2,(H,13,14,15). The predicted molar refractivity (Wildman–Crippen MR) is 58.9 cm³/mol. The van der Waals surface area contributed by atoms with Gasteiger partial charge in [0.05, 0.1) is 11.9 Å². The van der Waals surface area contributed by atoms with Gasteiger partial charge in [-0.2, -0.15) is 10.1 Å². The highest BCUT2D eigenvalue weighted by Gasteiger charge is 2.26. The fraction of sp³-hybridized carbons (Fsp3) is 0.300. The molecule has 0 aliphatic heterocycles. The minimum Gasteiger partial charge on any atom is -0.292 e. The van der Waals surface area contributed by atoms with Gasteiger partial charge in [-0.1, -0.05) is 0 Å². The van der Waals surface area contributed by atoms with E-state index >= 15 is 0 Å². The minimum absolute atomic E-state index is 0.0971. The number of rotatable bonds is 3. The molecule has 3 rings (SSSR count). The van der Waals surface area contributed by atoms with Crippen molar-refractivity contribution < 1.29 is 4.39 Å². The molecule has 7 heteroatoms. The highest BCUT2D eigenvalue weighted by Crippen LogP contribution is 2.39. The van der Waals surface area contributed by atoms with Crippen molar-refractivity contribution >= 4 is 5.95 Å². The summed E-state index contributed by atoms with van der Waals surface area (Å²) >= 11 is 0. The van der Waals surface area contributed by atoms with Crippen molar-refractivity contribution in [2.24, 2.45) is 5.84 Å². The molecule has 0 bridgehead atoms. The molecule has 0 unspecified atom stereocenters. The number of nitrogens with one attached hydrogen (secondary N) is 1. The van der Waals surface area contributed by atoms with Gasteiger partial charge in [0.25, 0.3) is 0 Å². The van der Waals surface area contributed by atoms with E-state index in [0.29, 0.717) is 5.92 Å². The molecular formula is C10H11FN6. The van der Waals surface area contributed by atoms with Gasteiger partial charge in [-0.05, 0) is 18.9 Å². The number of hydrogen-bond donors (Lipinski definition) is 2. The van der Waals surface area contributed by atoms with E-state index in [1.165, 1.54) is 4.68 Å². The third-order valence-electron chi connectivity index (χ3n) is 2.68. The zero-order valence-electron chi connectivity index (χ0n) is 8.97. The van der Waals surface area contributed by atoms with Crippen LogP contribution >= 0.6 is 0 Å². The van der Waals surface area contributed by atoms with E-state index in [4.69, 9.17) is 5.84 Å². The Hall–Kier alpha value is -2.02. The van der Waals surface area contributed by atoms with Crippen LogP contribution in [0.5, 0.6) is 0 Å². The number of hydrazine groups is 1. The zero-order chi connectivity index (χ0) is 11.8. The first kappa shape index (κ1) is 10.2. The van der Waals surface area contributed by atoms with Crippen LogP contribution in [0.3, 0.4) is 0 Å². The van der Waals surface area contributed by atoms with Gasteiger partial charge < -0.3 is 0 Å². The minimum atomic E-state index is -0.533. The fourth-order valence-corrected chi connectivity index (χ4v) is 1.64. The van der Waals surface area contributed by atoms with Crippen LogP contribution in [0.25, 0.3) is 5.82 Å². The second kappa shape index (κ2) is 3.77. The predicted octanol–water partition coefficient (Wildman–Crippen LogP) is 0.964. The topological polar surface area (TPSA) is 81.6 Å². The number of aromatic nitrogens is 4. The first-order valence-corrected chi connectivity index (χ1v) is 5.33. The van der Waals surface area contributed by atoms with Crippen molar-refractivity contribution in [1.82, 2.24) is 19.7 Å². The van der Waals surface area contributed by atoms with Crippen LogP contribution in [0, 0.1) is 5.82 Å². The van der Waals surface area contributed by atoms with Crippen LogP contribution in [0.15, 0.2) is 18.5 Å². The molecule has 0 radical (unpaired) electrons. The molecule has 0 spiro atoms. The van der Waals surface area contributed by atoms with Gasteiger partial charge in [0, 0.05) is 12.1 Å². The molecule has 6 nitrogen and oxygen atoms in total. The Morgan fingerprint density at radius 1 is 1.47 bits per heavy atom. The smallest absolute Gasteiger partial charge is 0.239 e. The quantitative estimate of drug-likeness (QED) is 0.610. The lowest BCUT2D eigenvalue weighted by Gasteiger charge is -2.04. The van der Waals surface area contributed by atoms with E-state index in [0.717, 1.165) is 24.7 Å². The second-order valence-electron chi connectivity index (χ2n) is 3.97. The van der Waals surface area contributed by atoms with Gasteiger partial charge in [-0.25, -0.2) is 19.9 Å². The van der Waals surface area contributed by atoms with E-state index in [2.05, 4.69) is 20.5 Å².